The minimum absolute atomic E-state index is 0.0211. The number of halogens is 3. The molecule has 0 fully saturated rings. The van der Waals surface area contributed by atoms with Gasteiger partial charge < -0.3 is 10.2 Å². The second kappa shape index (κ2) is 7.42. The number of hydrogen-bond acceptors (Lipinski definition) is 2. The van der Waals surface area contributed by atoms with E-state index in [-0.39, 0.29) is 17.0 Å². The summed E-state index contributed by atoms with van der Waals surface area (Å²) in [6.07, 6.45) is -3.67. The van der Waals surface area contributed by atoms with Crippen LogP contribution in [0.1, 0.15) is 40.9 Å². The Hall–Kier alpha value is -2.83. The third-order valence-corrected chi connectivity index (χ3v) is 4.58. The van der Waals surface area contributed by atoms with Crippen molar-refractivity contribution < 1.29 is 22.8 Å². The molecule has 2 aromatic rings. The van der Waals surface area contributed by atoms with Crippen molar-refractivity contribution in [3.8, 4) is 0 Å². The Balaban J connectivity index is 1.83. The predicted octanol–water partition coefficient (Wildman–Crippen LogP) is 4.02. The fourth-order valence-electron chi connectivity index (χ4n) is 3.21. The number of nitrogens with one attached hydrogen (secondary N) is 1. The maximum atomic E-state index is 13.4. The molecule has 2 aromatic carbocycles. The summed E-state index contributed by atoms with van der Waals surface area (Å²) < 4.78 is 40.3. The zero-order valence-electron chi connectivity index (χ0n) is 14.7. The highest BCUT2D eigenvalue weighted by molar-refractivity contribution is 5.98. The van der Waals surface area contributed by atoms with Crippen molar-refractivity contribution in [2.45, 2.75) is 32.0 Å². The molecule has 1 unspecified atom stereocenters. The first kappa shape index (κ1) is 18.9. The molecular weight excluding hydrogens is 357 g/mol. The van der Waals surface area contributed by atoms with E-state index in [4.69, 9.17) is 0 Å². The van der Waals surface area contributed by atoms with Crippen LogP contribution in [-0.4, -0.2) is 24.5 Å². The van der Waals surface area contributed by atoms with Crippen molar-refractivity contribution in [3.63, 3.8) is 0 Å². The van der Waals surface area contributed by atoms with Gasteiger partial charge in [-0.05, 0) is 35.7 Å². The highest BCUT2D eigenvalue weighted by Gasteiger charge is 2.42. The Kier molecular flexibility index (Phi) is 5.21. The fourth-order valence-corrected chi connectivity index (χ4v) is 3.21. The average molecular weight is 376 g/mol. The molecule has 27 heavy (non-hydrogen) atoms. The van der Waals surface area contributed by atoms with Gasteiger partial charge in [0.1, 0.15) is 0 Å². The number of rotatable bonds is 4. The Morgan fingerprint density at radius 3 is 2.48 bits per heavy atom. The van der Waals surface area contributed by atoms with E-state index in [1.807, 2.05) is 0 Å². The van der Waals surface area contributed by atoms with Crippen LogP contribution in [0.25, 0.3) is 0 Å². The Bertz CT molecular complexity index is 850. The molecule has 0 bridgehead atoms. The molecular formula is C20H19F3N2O2. The van der Waals surface area contributed by atoms with Crippen molar-refractivity contribution >= 4 is 17.5 Å². The van der Waals surface area contributed by atoms with Gasteiger partial charge in [0.05, 0.1) is 0 Å². The maximum Gasteiger partial charge on any atom is 0.412 e. The predicted molar refractivity (Wildman–Crippen MR) is 95.5 cm³/mol. The molecule has 0 aromatic heterocycles. The lowest BCUT2D eigenvalue weighted by molar-refractivity contribution is -0.155. The van der Waals surface area contributed by atoms with E-state index >= 15 is 0 Å². The molecule has 0 spiro atoms. The van der Waals surface area contributed by atoms with E-state index in [2.05, 4.69) is 5.32 Å². The molecule has 142 valence electrons. The lowest BCUT2D eigenvalue weighted by Gasteiger charge is -2.22. The summed E-state index contributed by atoms with van der Waals surface area (Å²) in [7, 11) is 0. The smallest absolute Gasteiger partial charge is 0.337 e. The van der Waals surface area contributed by atoms with Crippen LogP contribution >= 0.6 is 0 Å². The summed E-state index contributed by atoms with van der Waals surface area (Å²) in [5.41, 5.74) is 1.62. The van der Waals surface area contributed by atoms with E-state index in [0.717, 1.165) is 5.56 Å². The van der Waals surface area contributed by atoms with Gasteiger partial charge in [0.25, 0.3) is 5.91 Å². The Labute approximate surface area is 155 Å². The highest BCUT2D eigenvalue weighted by atomic mass is 19.4. The van der Waals surface area contributed by atoms with Gasteiger partial charge in [-0.15, -0.1) is 0 Å². The quantitative estimate of drug-likeness (QED) is 0.876. The SMILES string of the molecule is CCC(=O)N1CCc2cc(C(=O)NC(c3ccccc3)C(F)(F)F)ccc21. The summed E-state index contributed by atoms with van der Waals surface area (Å²) in [6, 6.07) is 9.81. The van der Waals surface area contributed by atoms with Gasteiger partial charge in [0.15, 0.2) is 6.04 Å². The number of alkyl halides is 3. The fraction of sp³-hybridized carbons (Fsp3) is 0.300. The first-order valence-electron chi connectivity index (χ1n) is 8.67. The zero-order valence-corrected chi connectivity index (χ0v) is 14.7. The third-order valence-electron chi connectivity index (χ3n) is 4.58. The number of benzene rings is 2. The van der Waals surface area contributed by atoms with Gasteiger partial charge in [-0.1, -0.05) is 37.3 Å². The van der Waals surface area contributed by atoms with Gasteiger partial charge >= 0.3 is 6.18 Å². The standard InChI is InChI=1S/C20H19F3N2O2/c1-2-17(26)25-11-10-14-12-15(8-9-16(14)25)19(27)24-18(20(21,22)23)13-6-4-3-5-7-13/h3-9,12,18H,2,10-11H2,1H3,(H,24,27). The average Bonchev–Trinajstić information content (AvgIpc) is 3.08. The lowest BCUT2D eigenvalue weighted by atomic mass is 10.0. The lowest BCUT2D eigenvalue weighted by Crippen LogP contribution is -2.38. The molecule has 0 saturated carbocycles. The Morgan fingerprint density at radius 2 is 1.85 bits per heavy atom. The van der Waals surface area contributed by atoms with E-state index in [0.29, 0.717) is 25.1 Å². The molecule has 1 aliphatic rings. The van der Waals surface area contributed by atoms with E-state index in [1.54, 1.807) is 30.0 Å². The summed E-state index contributed by atoms with van der Waals surface area (Å²) >= 11 is 0. The minimum atomic E-state index is -4.61. The number of anilines is 1. The summed E-state index contributed by atoms with van der Waals surface area (Å²) in [5, 5.41) is 2.08. The second-order valence-electron chi connectivity index (χ2n) is 6.35. The highest BCUT2D eigenvalue weighted by Crippen LogP contribution is 2.33. The largest absolute Gasteiger partial charge is 0.412 e. The minimum Gasteiger partial charge on any atom is -0.337 e. The van der Waals surface area contributed by atoms with Crippen LogP contribution in [0.3, 0.4) is 0 Å². The van der Waals surface area contributed by atoms with E-state index in [1.165, 1.54) is 30.3 Å². The molecule has 3 rings (SSSR count). The summed E-state index contributed by atoms with van der Waals surface area (Å²) in [4.78, 5) is 26.0. The topological polar surface area (TPSA) is 49.4 Å². The van der Waals surface area contributed by atoms with Gasteiger partial charge in [0, 0.05) is 24.2 Å². The summed E-state index contributed by atoms with van der Waals surface area (Å²) in [6.45, 7) is 2.28. The molecule has 0 aliphatic carbocycles. The third kappa shape index (κ3) is 3.97. The molecule has 2 amide bonds. The Morgan fingerprint density at radius 1 is 1.15 bits per heavy atom. The number of carbonyl (C=O) groups is 2. The molecule has 1 heterocycles. The maximum absolute atomic E-state index is 13.4. The zero-order chi connectivity index (χ0) is 19.6. The molecule has 1 aliphatic heterocycles. The second-order valence-corrected chi connectivity index (χ2v) is 6.35. The van der Waals surface area contributed by atoms with Crippen molar-refractivity contribution in [2.24, 2.45) is 0 Å². The molecule has 7 heteroatoms. The van der Waals surface area contributed by atoms with Crippen LogP contribution in [0.5, 0.6) is 0 Å². The van der Waals surface area contributed by atoms with Crippen molar-refractivity contribution in [1.29, 1.82) is 0 Å². The first-order valence-corrected chi connectivity index (χ1v) is 8.67. The molecule has 0 saturated heterocycles. The first-order chi connectivity index (χ1) is 12.8. The number of fused-ring (bicyclic) bond motifs is 1. The number of amides is 2. The van der Waals surface area contributed by atoms with Crippen molar-refractivity contribution in [3.05, 3.63) is 65.2 Å². The van der Waals surface area contributed by atoms with Crippen molar-refractivity contribution in [2.75, 3.05) is 11.4 Å². The van der Waals surface area contributed by atoms with Gasteiger partial charge in [-0.2, -0.15) is 13.2 Å². The monoisotopic (exact) mass is 376 g/mol. The molecule has 4 nitrogen and oxygen atoms in total. The number of hydrogen-bond donors (Lipinski definition) is 1. The molecule has 1 N–H and O–H groups in total. The number of nitrogens with zero attached hydrogens (tertiary/aromatic N) is 1. The van der Waals surface area contributed by atoms with E-state index in [9.17, 15) is 22.8 Å². The normalized spacial score (nSPS) is 14.6. The number of carbonyl (C=O) groups excluding carboxylic acids is 2. The van der Waals surface area contributed by atoms with Gasteiger partial charge in [-0.3, -0.25) is 9.59 Å². The molecule has 1 atom stereocenters. The van der Waals surface area contributed by atoms with Crippen molar-refractivity contribution in [1.82, 2.24) is 5.32 Å². The van der Waals surface area contributed by atoms with E-state index < -0.39 is 18.1 Å². The van der Waals surface area contributed by atoms with Crippen LogP contribution < -0.4 is 10.2 Å². The van der Waals surface area contributed by atoms with Gasteiger partial charge in [0.2, 0.25) is 5.91 Å². The van der Waals surface area contributed by atoms with Crippen LogP contribution in [0.15, 0.2) is 48.5 Å². The summed E-state index contributed by atoms with van der Waals surface area (Å²) in [5.74, 6) is -0.823. The molecule has 0 radical (unpaired) electrons. The van der Waals surface area contributed by atoms with Crippen LogP contribution in [-0.2, 0) is 11.2 Å². The van der Waals surface area contributed by atoms with Gasteiger partial charge in [-0.25, -0.2) is 0 Å². The van der Waals surface area contributed by atoms with Crippen LogP contribution in [0, 0.1) is 0 Å². The van der Waals surface area contributed by atoms with Crippen LogP contribution in [0.4, 0.5) is 18.9 Å². The van der Waals surface area contributed by atoms with Crippen LogP contribution in [0.2, 0.25) is 0 Å².